The van der Waals surface area contributed by atoms with Gasteiger partial charge in [-0.25, -0.2) is 4.39 Å². The summed E-state index contributed by atoms with van der Waals surface area (Å²) in [5.41, 5.74) is 6.18. The molecule has 1 aromatic rings. The highest BCUT2D eigenvalue weighted by atomic mass is 35.5. The van der Waals surface area contributed by atoms with Gasteiger partial charge in [0.1, 0.15) is 11.6 Å². The van der Waals surface area contributed by atoms with Gasteiger partial charge in [0.25, 0.3) is 0 Å². The minimum absolute atomic E-state index is 0. The SMILES string of the molecule is COc1cccc(F)c1[C@@H](N)[C@@H](O)CCC(C)C.Cl. The van der Waals surface area contributed by atoms with E-state index in [2.05, 4.69) is 13.8 Å². The fourth-order valence-corrected chi connectivity index (χ4v) is 1.89. The zero-order chi connectivity index (χ0) is 13.7. The van der Waals surface area contributed by atoms with E-state index in [1.807, 2.05) is 0 Å². The molecule has 3 N–H and O–H groups in total. The molecule has 0 bridgehead atoms. The number of hydrogen-bond acceptors (Lipinski definition) is 3. The molecule has 1 rings (SSSR count). The Labute approximate surface area is 120 Å². The highest BCUT2D eigenvalue weighted by Gasteiger charge is 2.23. The number of nitrogens with two attached hydrogens (primary N) is 1. The lowest BCUT2D eigenvalue weighted by molar-refractivity contribution is 0.125. The molecule has 0 aliphatic carbocycles. The summed E-state index contributed by atoms with van der Waals surface area (Å²) in [6.07, 6.45) is 0.639. The fourth-order valence-electron chi connectivity index (χ4n) is 1.89. The zero-order valence-corrected chi connectivity index (χ0v) is 12.4. The van der Waals surface area contributed by atoms with Gasteiger partial charge in [0.15, 0.2) is 0 Å². The van der Waals surface area contributed by atoms with Gasteiger partial charge in [0.05, 0.1) is 19.3 Å². The second-order valence-electron chi connectivity index (χ2n) is 4.92. The summed E-state index contributed by atoms with van der Waals surface area (Å²) in [7, 11) is 1.46. The van der Waals surface area contributed by atoms with E-state index in [9.17, 15) is 9.50 Å². The Balaban J connectivity index is 0.00000324. The lowest BCUT2D eigenvalue weighted by Crippen LogP contribution is -2.28. The van der Waals surface area contributed by atoms with Crippen molar-refractivity contribution in [2.24, 2.45) is 11.7 Å². The molecule has 3 nitrogen and oxygen atoms in total. The van der Waals surface area contributed by atoms with E-state index < -0.39 is 18.0 Å². The van der Waals surface area contributed by atoms with Crippen molar-refractivity contribution >= 4 is 12.4 Å². The molecule has 0 saturated carbocycles. The van der Waals surface area contributed by atoms with Crippen LogP contribution in [0, 0.1) is 11.7 Å². The number of halogens is 2. The van der Waals surface area contributed by atoms with Crippen LogP contribution in [0.15, 0.2) is 18.2 Å². The summed E-state index contributed by atoms with van der Waals surface area (Å²) in [6.45, 7) is 4.14. The minimum Gasteiger partial charge on any atom is -0.496 e. The lowest BCUT2D eigenvalue weighted by Gasteiger charge is -2.22. The van der Waals surface area contributed by atoms with Gasteiger partial charge >= 0.3 is 0 Å². The van der Waals surface area contributed by atoms with Gasteiger partial charge in [-0.05, 0) is 30.9 Å². The Morgan fingerprint density at radius 3 is 2.47 bits per heavy atom. The maximum Gasteiger partial charge on any atom is 0.131 e. The highest BCUT2D eigenvalue weighted by Crippen LogP contribution is 2.29. The Morgan fingerprint density at radius 1 is 1.32 bits per heavy atom. The van der Waals surface area contributed by atoms with Crippen molar-refractivity contribution in [3.8, 4) is 5.75 Å². The third kappa shape index (κ3) is 4.97. The molecule has 5 heteroatoms. The fraction of sp³-hybridized carbons (Fsp3) is 0.571. The first kappa shape index (κ1) is 18.2. The van der Waals surface area contributed by atoms with E-state index in [1.54, 1.807) is 12.1 Å². The van der Waals surface area contributed by atoms with E-state index in [0.717, 1.165) is 6.42 Å². The average Bonchev–Trinajstić information content (AvgIpc) is 2.34. The summed E-state index contributed by atoms with van der Waals surface area (Å²) in [6, 6.07) is 3.77. The quantitative estimate of drug-likeness (QED) is 0.847. The first-order valence-electron chi connectivity index (χ1n) is 6.23. The molecule has 0 fully saturated rings. The first-order valence-corrected chi connectivity index (χ1v) is 6.23. The van der Waals surface area contributed by atoms with Gasteiger partial charge in [-0.1, -0.05) is 19.9 Å². The Bertz CT molecular complexity index is 388. The molecule has 0 aliphatic rings. The largest absolute Gasteiger partial charge is 0.496 e. The van der Waals surface area contributed by atoms with Crippen molar-refractivity contribution in [1.82, 2.24) is 0 Å². The van der Waals surface area contributed by atoms with Crippen molar-refractivity contribution in [2.75, 3.05) is 7.11 Å². The predicted molar refractivity (Wildman–Crippen MR) is 77.2 cm³/mol. The second-order valence-corrected chi connectivity index (χ2v) is 4.92. The number of benzene rings is 1. The molecular weight excluding hydrogens is 269 g/mol. The van der Waals surface area contributed by atoms with E-state index in [-0.39, 0.29) is 18.0 Å². The molecule has 1 aromatic carbocycles. The van der Waals surface area contributed by atoms with Crippen molar-refractivity contribution in [3.63, 3.8) is 0 Å². The number of rotatable bonds is 6. The summed E-state index contributed by atoms with van der Waals surface area (Å²) >= 11 is 0. The van der Waals surface area contributed by atoms with Crippen LogP contribution in [0.1, 0.15) is 38.3 Å². The van der Waals surface area contributed by atoms with Crippen LogP contribution in [-0.4, -0.2) is 18.3 Å². The molecule has 0 aromatic heterocycles. The van der Waals surface area contributed by atoms with Crippen LogP contribution in [0.2, 0.25) is 0 Å². The molecule has 0 aliphatic heterocycles. The van der Waals surface area contributed by atoms with Crippen molar-refractivity contribution in [3.05, 3.63) is 29.6 Å². The molecule has 110 valence electrons. The van der Waals surface area contributed by atoms with Gasteiger partial charge in [-0.15, -0.1) is 12.4 Å². The average molecular weight is 292 g/mol. The van der Waals surface area contributed by atoms with E-state index in [4.69, 9.17) is 10.5 Å². The third-order valence-electron chi connectivity index (χ3n) is 3.02. The molecule has 2 atom stereocenters. The summed E-state index contributed by atoms with van der Waals surface area (Å²) in [5.74, 6) is 0.422. The lowest BCUT2D eigenvalue weighted by atomic mass is 9.95. The van der Waals surface area contributed by atoms with Gasteiger partial charge in [0, 0.05) is 5.56 Å². The van der Waals surface area contributed by atoms with Gasteiger partial charge in [-0.3, -0.25) is 0 Å². The maximum absolute atomic E-state index is 13.8. The molecule has 0 amide bonds. The number of methoxy groups -OCH3 is 1. The first-order chi connectivity index (χ1) is 8.47. The minimum atomic E-state index is -0.766. The van der Waals surface area contributed by atoms with Crippen LogP contribution in [0.4, 0.5) is 4.39 Å². The van der Waals surface area contributed by atoms with Crippen LogP contribution < -0.4 is 10.5 Å². The van der Waals surface area contributed by atoms with Crippen molar-refractivity contribution < 1.29 is 14.2 Å². The number of aliphatic hydroxyl groups excluding tert-OH is 1. The van der Waals surface area contributed by atoms with Gasteiger partial charge in [-0.2, -0.15) is 0 Å². The maximum atomic E-state index is 13.8. The Kier molecular flexibility index (Phi) is 7.99. The standard InChI is InChI=1S/C14H22FNO2.ClH/c1-9(2)7-8-11(17)14(16)13-10(15)5-4-6-12(13)18-3;/h4-6,9,11,14,17H,7-8,16H2,1-3H3;1H/t11-,14-;/m0./s1. The summed E-state index contributed by atoms with van der Waals surface area (Å²) in [5, 5.41) is 10.0. The molecule has 0 radical (unpaired) electrons. The van der Waals surface area contributed by atoms with Gasteiger partial charge in [0.2, 0.25) is 0 Å². The monoisotopic (exact) mass is 291 g/mol. The predicted octanol–water partition coefficient (Wildman–Crippen LogP) is 3.05. The number of hydrogen-bond donors (Lipinski definition) is 2. The van der Waals surface area contributed by atoms with E-state index in [1.165, 1.54) is 13.2 Å². The van der Waals surface area contributed by atoms with Gasteiger partial charge < -0.3 is 15.6 Å². The van der Waals surface area contributed by atoms with Crippen LogP contribution in [-0.2, 0) is 0 Å². The number of aliphatic hydroxyl groups is 1. The molecule has 0 spiro atoms. The Morgan fingerprint density at radius 2 is 1.95 bits per heavy atom. The zero-order valence-electron chi connectivity index (χ0n) is 11.6. The van der Waals surface area contributed by atoms with Crippen molar-refractivity contribution in [2.45, 2.75) is 38.8 Å². The smallest absolute Gasteiger partial charge is 0.131 e. The molecule has 19 heavy (non-hydrogen) atoms. The molecule has 0 saturated heterocycles. The summed E-state index contributed by atoms with van der Waals surface area (Å²) < 4.78 is 18.9. The van der Waals surface area contributed by atoms with E-state index in [0.29, 0.717) is 18.1 Å². The third-order valence-corrected chi connectivity index (χ3v) is 3.02. The summed E-state index contributed by atoms with van der Waals surface area (Å²) in [4.78, 5) is 0. The second kappa shape index (κ2) is 8.35. The van der Waals surface area contributed by atoms with E-state index >= 15 is 0 Å². The molecule has 0 unspecified atom stereocenters. The highest BCUT2D eigenvalue weighted by molar-refractivity contribution is 5.85. The Hall–Kier alpha value is -0.840. The molecular formula is C14H23ClFNO2. The molecule has 0 heterocycles. The topological polar surface area (TPSA) is 55.5 Å². The normalized spacial score (nSPS) is 13.8. The van der Waals surface area contributed by atoms with Crippen molar-refractivity contribution in [1.29, 1.82) is 0 Å². The van der Waals surface area contributed by atoms with Crippen LogP contribution in [0.3, 0.4) is 0 Å². The van der Waals surface area contributed by atoms with Crippen LogP contribution >= 0.6 is 12.4 Å². The van der Waals surface area contributed by atoms with Crippen LogP contribution in [0.25, 0.3) is 0 Å². The number of ether oxygens (including phenoxy) is 1. The van der Waals surface area contributed by atoms with Crippen LogP contribution in [0.5, 0.6) is 5.75 Å².